The Labute approximate surface area is 337 Å². The van der Waals surface area contributed by atoms with Gasteiger partial charge in [-0.1, -0.05) is 164 Å². The van der Waals surface area contributed by atoms with Gasteiger partial charge >= 0.3 is 0 Å². The third-order valence-corrected chi connectivity index (χ3v) is 11.4. The number of hydrogen-bond acceptors (Lipinski definition) is 2. The molecular weight excluding hydrogens is 703 g/mol. The molecule has 0 fully saturated rings. The minimum atomic E-state index is 0.850. The summed E-state index contributed by atoms with van der Waals surface area (Å²) in [4.78, 5) is 2.34. The number of para-hydroxylation sites is 1. The molecule has 0 unspecified atom stereocenters. The van der Waals surface area contributed by atoms with E-state index in [1.807, 2.05) is 18.2 Å². The maximum absolute atomic E-state index is 6.34. The van der Waals surface area contributed by atoms with E-state index < -0.39 is 0 Å². The van der Waals surface area contributed by atoms with Crippen LogP contribution in [0.5, 0.6) is 0 Å². The molecule has 1 heterocycles. The van der Waals surface area contributed by atoms with Gasteiger partial charge in [-0.2, -0.15) is 0 Å². The summed E-state index contributed by atoms with van der Waals surface area (Å²) in [7, 11) is 0. The summed E-state index contributed by atoms with van der Waals surface area (Å²) in [5.41, 5.74) is 12.3. The second kappa shape index (κ2) is 14.1. The molecule has 11 aromatic rings. The predicted octanol–water partition coefficient (Wildman–Crippen LogP) is 16.0. The van der Waals surface area contributed by atoms with Gasteiger partial charge in [0, 0.05) is 28.0 Å². The molecule has 2 nitrogen and oxygen atoms in total. The van der Waals surface area contributed by atoms with Crippen molar-refractivity contribution in [3.8, 4) is 44.7 Å². The van der Waals surface area contributed by atoms with Gasteiger partial charge in [-0.3, -0.25) is 0 Å². The molecule has 0 bridgehead atoms. The van der Waals surface area contributed by atoms with Crippen molar-refractivity contribution in [2.45, 2.75) is 0 Å². The Morgan fingerprint density at radius 3 is 1.66 bits per heavy atom. The van der Waals surface area contributed by atoms with Crippen LogP contribution in [0.2, 0.25) is 0 Å². The van der Waals surface area contributed by atoms with Gasteiger partial charge in [0.1, 0.15) is 11.3 Å². The lowest BCUT2D eigenvalue weighted by Gasteiger charge is -2.26. The Bertz CT molecular complexity index is 3240. The highest BCUT2D eigenvalue weighted by molar-refractivity contribution is 6.13. The molecule has 0 aliphatic rings. The largest absolute Gasteiger partial charge is 0.456 e. The van der Waals surface area contributed by atoms with Crippen LogP contribution in [0.25, 0.3) is 88.0 Å². The molecule has 272 valence electrons. The third-order valence-electron chi connectivity index (χ3n) is 11.4. The van der Waals surface area contributed by atoms with E-state index in [1.54, 1.807) is 0 Å². The fraction of sp³-hybridized carbons (Fsp3) is 0. The molecule has 0 amide bonds. The summed E-state index contributed by atoms with van der Waals surface area (Å²) in [5.74, 6) is 0.850. The average molecular weight is 740 g/mol. The molecule has 0 saturated carbocycles. The van der Waals surface area contributed by atoms with Crippen LogP contribution >= 0.6 is 0 Å². The van der Waals surface area contributed by atoms with Gasteiger partial charge in [-0.05, 0) is 126 Å². The first-order chi connectivity index (χ1) is 28.7. The van der Waals surface area contributed by atoms with Gasteiger partial charge in [-0.15, -0.1) is 0 Å². The molecule has 0 saturated heterocycles. The number of nitrogens with zero attached hydrogens (tertiary/aromatic N) is 1. The summed E-state index contributed by atoms with van der Waals surface area (Å²) in [6.07, 6.45) is 0. The van der Waals surface area contributed by atoms with Crippen LogP contribution in [0.4, 0.5) is 17.1 Å². The lowest BCUT2D eigenvalue weighted by atomic mass is 9.93. The monoisotopic (exact) mass is 739 g/mol. The summed E-state index contributed by atoms with van der Waals surface area (Å²) < 4.78 is 6.34. The van der Waals surface area contributed by atoms with E-state index in [0.29, 0.717) is 0 Å². The van der Waals surface area contributed by atoms with E-state index in [0.717, 1.165) is 39.4 Å². The van der Waals surface area contributed by atoms with Crippen LogP contribution in [0.15, 0.2) is 229 Å². The Morgan fingerprint density at radius 2 is 0.862 bits per heavy atom. The standard InChI is InChI=1S/C56H37NO/c1-4-20-49-39(12-1)15-11-24-50(49)42-17-9-16-41(34-42)38-26-30-46(31-27-38)57(48-19-10-18-44(35-48)56-37-45-14-3-8-25-55(45)58-56)47-32-28-40(29-33-47)54-36-43-13-2-5-21-51(43)52-22-6-7-23-53(52)54/h1-37H. The van der Waals surface area contributed by atoms with E-state index in [9.17, 15) is 0 Å². The highest BCUT2D eigenvalue weighted by atomic mass is 16.3. The van der Waals surface area contributed by atoms with E-state index >= 15 is 0 Å². The molecule has 0 spiro atoms. The number of benzene rings is 10. The summed E-state index contributed by atoms with van der Waals surface area (Å²) in [6, 6.07) is 80.7. The zero-order valence-electron chi connectivity index (χ0n) is 31.7. The smallest absolute Gasteiger partial charge is 0.135 e. The maximum Gasteiger partial charge on any atom is 0.135 e. The Kier molecular flexibility index (Phi) is 8.19. The van der Waals surface area contributed by atoms with Crippen LogP contribution in [-0.4, -0.2) is 0 Å². The summed E-state index contributed by atoms with van der Waals surface area (Å²) >= 11 is 0. The summed E-state index contributed by atoms with van der Waals surface area (Å²) in [5, 5.41) is 8.65. The Hall–Kier alpha value is -7.68. The van der Waals surface area contributed by atoms with Crippen molar-refractivity contribution >= 4 is 60.3 Å². The predicted molar refractivity (Wildman–Crippen MR) is 245 cm³/mol. The minimum absolute atomic E-state index is 0.850. The Morgan fingerprint density at radius 1 is 0.276 bits per heavy atom. The zero-order chi connectivity index (χ0) is 38.4. The fourth-order valence-electron chi connectivity index (χ4n) is 8.60. The van der Waals surface area contributed by atoms with Gasteiger partial charge in [-0.25, -0.2) is 0 Å². The molecule has 10 aromatic carbocycles. The van der Waals surface area contributed by atoms with Crippen LogP contribution in [0.1, 0.15) is 0 Å². The quantitative estimate of drug-likeness (QED) is 0.151. The summed E-state index contributed by atoms with van der Waals surface area (Å²) in [6.45, 7) is 0. The van der Waals surface area contributed by atoms with Gasteiger partial charge in [0.2, 0.25) is 0 Å². The zero-order valence-corrected chi connectivity index (χ0v) is 31.7. The van der Waals surface area contributed by atoms with Crippen molar-refractivity contribution in [1.82, 2.24) is 0 Å². The van der Waals surface area contributed by atoms with Crippen molar-refractivity contribution in [3.63, 3.8) is 0 Å². The molecular formula is C56H37NO. The van der Waals surface area contributed by atoms with Crippen LogP contribution < -0.4 is 4.90 Å². The van der Waals surface area contributed by atoms with E-state index in [4.69, 9.17) is 4.42 Å². The number of anilines is 3. The molecule has 1 aromatic heterocycles. The second-order valence-corrected chi connectivity index (χ2v) is 14.9. The maximum atomic E-state index is 6.34. The van der Waals surface area contributed by atoms with Gasteiger partial charge in [0.15, 0.2) is 0 Å². The van der Waals surface area contributed by atoms with Crippen LogP contribution in [0, 0.1) is 0 Å². The first kappa shape index (κ1) is 33.6. The van der Waals surface area contributed by atoms with Crippen molar-refractivity contribution in [2.24, 2.45) is 0 Å². The molecule has 11 rings (SSSR count). The van der Waals surface area contributed by atoms with Crippen molar-refractivity contribution in [2.75, 3.05) is 4.90 Å². The molecule has 0 N–H and O–H groups in total. The minimum Gasteiger partial charge on any atom is -0.456 e. The highest BCUT2D eigenvalue weighted by Gasteiger charge is 2.17. The topological polar surface area (TPSA) is 16.4 Å². The number of rotatable bonds is 7. The van der Waals surface area contributed by atoms with E-state index in [1.165, 1.54) is 65.7 Å². The fourth-order valence-corrected chi connectivity index (χ4v) is 8.60. The second-order valence-electron chi connectivity index (χ2n) is 14.9. The van der Waals surface area contributed by atoms with Crippen molar-refractivity contribution < 1.29 is 4.42 Å². The SMILES string of the molecule is c1cc(-c2ccc(N(c3ccc(-c4cc5ccccc5c5ccccc45)cc3)c3cccc(-c4cc5ccccc5o4)c3)cc2)cc(-c2cccc3ccccc23)c1. The number of furan rings is 1. The van der Waals surface area contributed by atoms with E-state index in [2.05, 4.69) is 211 Å². The van der Waals surface area contributed by atoms with Crippen LogP contribution in [0.3, 0.4) is 0 Å². The lowest BCUT2D eigenvalue weighted by molar-refractivity contribution is 0.631. The molecule has 2 heteroatoms. The first-order valence-corrected chi connectivity index (χ1v) is 19.8. The molecule has 0 aliphatic heterocycles. The van der Waals surface area contributed by atoms with E-state index in [-0.39, 0.29) is 0 Å². The first-order valence-electron chi connectivity index (χ1n) is 19.8. The van der Waals surface area contributed by atoms with Crippen LogP contribution in [-0.2, 0) is 0 Å². The average Bonchev–Trinajstić information content (AvgIpc) is 3.74. The normalized spacial score (nSPS) is 11.4. The van der Waals surface area contributed by atoms with Crippen molar-refractivity contribution in [3.05, 3.63) is 224 Å². The van der Waals surface area contributed by atoms with Gasteiger partial charge in [0.25, 0.3) is 0 Å². The number of fused-ring (bicyclic) bond motifs is 5. The number of hydrogen-bond donors (Lipinski definition) is 0. The molecule has 0 atom stereocenters. The molecule has 0 radical (unpaired) electrons. The highest BCUT2D eigenvalue weighted by Crippen LogP contribution is 2.41. The third kappa shape index (κ3) is 6.00. The Balaban J connectivity index is 0.999. The van der Waals surface area contributed by atoms with Gasteiger partial charge in [0.05, 0.1) is 0 Å². The van der Waals surface area contributed by atoms with Crippen molar-refractivity contribution in [1.29, 1.82) is 0 Å². The molecule has 58 heavy (non-hydrogen) atoms. The lowest BCUT2D eigenvalue weighted by Crippen LogP contribution is -2.10. The van der Waals surface area contributed by atoms with Gasteiger partial charge < -0.3 is 9.32 Å². The molecule has 0 aliphatic carbocycles.